The van der Waals surface area contributed by atoms with Gasteiger partial charge >= 0.3 is 0 Å². The zero-order valence-electron chi connectivity index (χ0n) is 18.3. The molecule has 3 aromatic rings. The summed E-state index contributed by atoms with van der Waals surface area (Å²) in [6.07, 6.45) is -0.610. The maximum Gasteiger partial charge on any atom is 0.285 e. The Morgan fingerprint density at radius 3 is 2.58 bits per heavy atom. The number of piperazine rings is 1. The smallest absolute Gasteiger partial charge is 0.285 e. The van der Waals surface area contributed by atoms with Crippen LogP contribution in [0.15, 0.2) is 53.3 Å². The van der Waals surface area contributed by atoms with Crippen molar-refractivity contribution in [3.8, 4) is 0 Å². The van der Waals surface area contributed by atoms with Gasteiger partial charge < -0.3 is 14.9 Å². The molecule has 0 saturated carbocycles. The number of para-hydroxylation sites is 1. The van der Waals surface area contributed by atoms with Gasteiger partial charge in [-0.05, 0) is 49.2 Å². The third-order valence-corrected chi connectivity index (χ3v) is 6.28. The van der Waals surface area contributed by atoms with Gasteiger partial charge in [0.05, 0.1) is 17.8 Å². The van der Waals surface area contributed by atoms with E-state index in [2.05, 4.69) is 5.10 Å². The monoisotopic (exact) mass is 470 g/mol. The maximum atomic E-state index is 14.6. The van der Waals surface area contributed by atoms with Crippen LogP contribution in [0.4, 0.5) is 10.1 Å². The lowest BCUT2D eigenvalue weighted by Gasteiger charge is -2.40. The van der Waals surface area contributed by atoms with Crippen molar-refractivity contribution in [1.82, 2.24) is 14.2 Å². The number of β-amino-alcohol motifs (C(OH)–C–C–N with tert-alkyl or cyclic N) is 1. The Hall–Kier alpha value is -3.23. The van der Waals surface area contributed by atoms with Crippen LogP contribution < -0.4 is 10.5 Å². The van der Waals surface area contributed by atoms with Crippen LogP contribution in [0, 0.1) is 19.7 Å². The van der Waals surface area contributed by atoms with Crippen LogP contribution in [0.3, 0.4) is 0 Å². The van der Waals surface area contributed by atoms with Gasteiger partial charge in [0.1, 0.15) is 12.0 Å². The fourth-order valence-electron chi connectivity index (χ4n) is 3.99. The SMILES string of the molecule is Cc1c(Cc2ccc(F)c(C(=O)N3CCN(c4ccccc4)C(O)C3)c2)nn(Cl)c(=O)c1C. The average molecular weight is 471 g/mol. The molecular formula is C24H24ClFN4O3. The van der Waals surface area contributed by atoms with Crippen molar-refractivity contribution in [2.45, 2.75) is 26.5 Å². The Labute approximate surface area is 195 Å². The maximum absolute atomic E-state index is 14.6. The first kappa shape index (κ1) is 22.9. The van der Waals surface area contributed by atoms with Crippen molar-refractivity contribution in [3.63, 3.8) is 0 Å². The number of aliphatic hydroxyl groups excluding tert-OH is 1. The van der Waals surface area contributed by atoms with E-state index in [1.54, 1.807) is 19.9 Å². The number of carbonyl (C=O) groups is 1. The van der Waals surface area contributed by atoms with Gasteiger partial charge in [0.2, 0.25) is 0 Å². The number of hydrogen-bond acceptors (Lipinski definition) is 5. The van der Waals surface area contributed by atoms with Crippen LogP contribution in [0.2, 0.25) is 0 Å². The molecule has 1 fully saturated rings. The molecule has 0 radical (unpaired) electrons. The second-order valence-corrected chi connectivity index (χ2v) is 8.43. The first-order valence-corrected chi connectivity index (χ1v) is 10.9. The predicted molar refractivity (Wildman–Crippen MR) is 124 cm³/mol. The van der Waals surface area contributed by atoms with Crippen molar-refractivity contribution in [3.05, 3.63) is 92.6 Å². The van der Waals surface area contributed by atoms with Gasteiger partial charge in [-0.3, -0.25) is 9.59 Å². The molecule has 0 aliphatic carbocycles. The first-order chi connectivity index (χ1) is 15.8. The van der Waals surface area contributed by atoms with Gasteiger partial charge in [0, 0.05) is 42.5 Å². The van der Waals surface area contributed by atoms with Crippen LogP contribution in [-0.4, -0.2) is 51.1 Å². The van der Waals surface area contributed by atoms with E-state index in [0.29, 0.717) is 35.5 Å². The molecular weight excluding hydrogens is 447 g/mol. The molecule has 1 aliphatic heterocycles. The minimum atomic E-state index is -0.893. The number of anilines is 1. The summed E-state index contributed by atoms with van der Waals surface area (Å²) in [6, 6.07) is 13.8. The fourth-order valence-corrected chi connectivity index (χ4v) is 4.21. The molecule has 1 saturated heterocycles. The third kappa shape index (κ3) is 4.62. The molecule has 0 spiro atoms. The molecule has 1 unspecified atom stereocenters. The van der Waals surface area contributed by atoms with Gasteiger partial charge in [0.15, 0.2) is 0 Å². The standard InChI is InChI=1S/C24H24ClFN4O3/c1-15-16(2)23(32)30(25)27-21(15)13-17-8-9-20(26)19(12-17)24(33)28-10-11-29(22(31)14-28)18-6-4-3-5-7-18/h3-9,12,22,31H,10-11,13-14H2,1-2H3. The molecule has 9 heteroatoms. The van der Waals surface area contributed by atoms with Crippen LogP contribution in [0.5, 0.6) is 0 Å². The van der Waals surface area contributed by atoms with E-state index in [1.165, 1.54) is 17.0 Å². The van der Waals surface area contributed by atoms with Crippen molar-refractivity contribution in [2.24, 2.45) is 0 Å². The van der Waals surface area contributed by atoms with Gasteiger partial charge in [-0.25, -0.2) is 4.39 Å². The average Bonchev–Trinajstić information content (AvgIpc) is 2.82. The van der Waals surface area contributed by atoms with E-state index in [-0.39, 0.29) is 24.1 Å². The molecule has 1 aromatic heterocycles. The highest BCUT2D eigenvalue weighted by molar-refractivity contribution is 6.14. The molecule has 2 aromatic carbocycles. The quantitative estimate of drug-likeness (QED) is 0.634. The van der Waals surface area contributed by atoms with E-state index in [9.17, 15) is 19.1 Å². The summed E-state index contributed by atoms with van der Waals surface area (Å²) in [5, 5.41) is 14.7. The molecule has 0 bridgehead atoms. The molecule has 1 N–H and O–H groups in total. The summed E-state index contributed by atoms with van der Waals surface area (Å²) in [7, 11) is 0. The number of carbonyl (C=O) groups excluding carboxylic acids is 1. The number of amides is 1. The molecule has 1 atom stereocenters. The van der Waals surface area contributed by atoms with Crippen LogP contribution >= 0.6 is 11.8 Å². The van der Waals surface area contributed by atoms with Crippen LogP contribution in [0.1, 0.15) is 32.7 Å². The molecule has 4 rings (SSSR count). The number of nitrogens with zero attached hydrogens (tertiary/aromatic N) is 4. The zero-order chi connectivity index (χ0) is 23.7. The summed E-state index contributed by atoms with van der Waals surface area (Å²) >= 11 is 5.88. The summed E-state index contributed by atoms with van der Waals surface area (Å²) < 4.78 is 15.4. The molecule has 172 valence electrons. The number of halogens is 2. The van der Waals surface area contributed by atoms with Crippen molar-refractivity contribution < 1.29 is 14.3 Å². The minimum absolute atomic E-state index is 0.0640. The highest BCUT2D eigenvalue weighted by atomic mass is 35.5. The lowest BCUT2D eigenvalue weighted by atomic mass is 10.0. The number of rotatable bonds is 4. The Morgan fingerprint density at radius 2 is 1.88 bits per heavy atom. The molecule has 2 heterocycles. The number of aliphatic hydroxyl groups is 1. The first-order valence-electron chi connectivity index (χ1n) is 10.6. The van der Waals surface area contributed by atoms with Crippen molar-refractivity contribution in [1.29, 1.82) is 0 Å². The van der Waals surface area contributed by atoms with Gasteiger partial charge in [-0.2, -0.15) is 5.10 Å². The highest BCUT2D eigenvalue weighted by Gasteiger charge is 2.30. The van der Waals surface area contributed by atoms with E-state index >= 15 is 0 Å². The Balaban J connectivity index is 1.54. The molecule has 7 nitrogen and oxygen atoms in total. The fraction of sp³-hybridized carbons (Fsp3) is 0.292. The van der Waals surface area contributed by atoms with Crippen LogP contribution in [0.25, 0.3) is 0 Å². The van der Waals surface area contributed by atoms with E-state index in [4.69, 9.17) is 11.8 Å². The summed E-state index contributed by atoms with van der Waals surface area (Å²) in [5.74, 6) is -1.11. The van der Waals surface area contributed by atoms with E-state index in [1.807, 2.05) is 35.2 Å². The Morgan fingerprint density at radius 1 is 1.15 bits per heavy atom. The normalized spacial score (nSPS) is 16.2. The van der Waals surface area contributed by atoms with Gasteiger partial charge in [-0.15, -0.1) is 4.20 Å². The van der Waals surface area contributed by atoms with Gasteiger partial charge in [-0.1, -0.05) is 24.3 Å². The zero-order valence-corrected chi connectivity index (χ0v) is 19.1. The Bertz CT molecular complexity index is 1250. The second kappa shape index (κ2) is 9.33. The lowest BCUT2D eigenvalue weighted by Crippen LogP contribution is -2.55. The van der Waals surface area contributed by atoms with E-state index in [0.717, 1.165) is 9.89 Å². The summed E-state index contributed by atoms with van der Waals surface area (Å²) in [4.78, 5) is 28.3. The number of hydrogen-bond donors (Lipinski definition) is 1. The van der Waals surface area contributed by atoms with E-state index < -0.39 is 18.0 Å². The second-order valence-electron chi connectivity index (χ2n) is 8.11. The van der Waals surface area contributed by atoms with Gasteiger partial charge in [0.25, 0.3) is 11.5 Å². The third-order valence-electron chi connectivity index (χ3n) is 6.05. The summed E-state index contributed by atoms with van der Waals surface area (Å²) in [6.45, 7) is 4.29. The van der Waals surface area contributed by atoms with Crippen molar-refractivity contribution >= 4 is 23.4 Å². The molecule has 1 aliphatic rings. The number of aromatic nitrogens is 2. The largest absolute Gasteiger partial charge is 0.372 e. The minimum Gasteiger partial charge on any atom is -0.372 e. The van der Waals surface area contributed by atoms with Crippen molar-refractivity contribution in [2.75, 3.05) is 24.5 Å². The summed E-state index contributed by atoms with van der Waals surface area (Å²) in [5.41, 5.74) is 2.83. The molecule has 33 heavy (non-hydrogen) atoms. The highest BCUT2D eigenvalue weighted by Crippen LogP contribution is 2.22. The number of benzene rings is 2. The molecule has 1 amide bonds. The predicted octanol–water partition coefficient (Wildman–Crippen LogP) is 2.87. The van der Waals surface area contributed by atoms with Crippen LogP contribution in [-0.2, 0) is 6.42 Å². The Kier molecular flexibility index (Phi) is 6.49. The lowest BCUT2D eigenvalue weighted by molar-refractivity contribution is 0.0518. The topological polar surface area (TPSA) is 78.7 Å².